The number of hydrogen-bond donors (Lipinski definition) is 1. The van der Waals surface area contributed by atoms with Crippen molar-refractivity contribution in [3.63, 3.8) is 0 Å². The van der Waals surface area contributed by atoms with Gasteiger partial charge in [0.1, 0.15) is 5.82 Å². The highest BCUT2D eigenvalue weighted by Gasteiger charge is 2.37. The van der Waals surface area contributed by atoms with Gasteiger partial charge >= 0.3 is 12.4 Å². The predicted molar refractivity (Wildman–Crippen MR) is 110 cm³/mol. The van der Waals surface area contributed by atoms with Gasteiger partial charge in [0.15, 0.2) is 0 Å². The molecule has 2 aromatic rings. The van der Waals surface area contributed by atoms with Crippen LogP contribution in [0.5, 0.6) is 0 Å². The van der Waals surface area contributed by atoms with Gasteiger partial charge in [0, 0.05) is 30.6 Å². The monoisotopic (exact) mass is 479 g/mol. The number of thiazole rings is 1. The van der Waals surface area contributed by atoms with Crippen LogP contribution in [0.3, 0.4) is 0 Å². The van der Waals surface area contributed by atoms with E-state index >= 15 is 0 Å². The molecule has 32 heavy (non-hydrogen) atoms. The average Bonchev–Trinajstić information content (AvgIpc) is 3.16. The molecule has 4 nitrogen and oxygen atoms in total. The van der Waals surface area contributed by atoms with E-state index < -0.39 is 35.0 Å². The Morgan fingerprint density at radius 3 is 2.09 bits per heavy atom. The van der Waals surface area contributed by atoms with Gasteiger partial charge in [0.05, 0.1) is 16.1 Å². The third kappa shape index (κ3) is 5.93. The van der Waals surface area contributed by atoms with E-state index in [4.69, 9.17) is 0 Å². The fourth-order valence-electron chi connectivity index (χ4n) is 3.86. The molecule has 1 fully saturated rings. The zero-order chi connectivity index (χ0) is 23.7. The summed E-state index contributed by atoms with van der Waals surface area (Å²) in [6.45, 7) is 2.13. The molecule has 1 aromatic carbocycles. The maximum atomic E-state index is 13.0. The number of carbonyl (C=O) groups is 1. The van der Waals surface area contributed by atoms with Crippen molar-refractivity contribution in [3.8, 4) is 0 Å². The molecule has 0 saturated heterocycles. The molecule has 0 spiro atoms. The fraction of sp³-hybridized carbons (Fsp3) is 0.524. The highest BCUT2D eigenvalue weighted by molar-refractivity contribution is 7.09. The summed E-state index contributed by atoms with van der Waals surface area (Å²) in [6, 6.07) is 1.21. The van der Waals surface area contributed by atoms with Gasteiger partial charge in [0.2, 0.25) is 0 Å². The van der Waals surface area contributed by atoms with Crippen molar-refractivity contribution < 1.29 is 31.1 Å². The highest BCUT2D eigenvalue weighted by Crippen LogP contribution is 2.36. The molecule has 11 heteroatoms. The summed E-state index contributed by atoms with van der Waals surface area (Å²) in [5, 5.41) is 5.48. The molecular weight excluding hydrogens is 456 g/mol. The molecule has 1 aliphatic carbocycles. The number of benzene rings is 1. The second-order valence-electron chi connectivity index (χ2n) is 8.01. The smallest absolute Gasteiger partial charge is 0.356 e. The third-order valence-corrected chi connectivity index (χ3v) is 6.49. The molecule has 0 atom stereocenters. The van der Waals surface area contributed by atoms with Crippen LogP contribution < -0.4 is 10.2 Å². The van der Waals surface area contributed by atoms with Gasteiger partial charge in [-0.05, 0) is 56.7 Å². The van der Waals surface area contributed by atoms with E-state index in [0.29, 0.717) is 18.2 Å². The minimum atomic E-state index is -4.99. The second-order valence-corrected chi connectivity index (χ2v) is 9.08. The quantitative estimate of drug-likeness (QED) is 0.542. The Labute approximate surface area is 185 Å². The van der Waals surface area contributed by atoms with E-state index in [9.17, 15) is 31.1 Å². The normalized spacial score (nSPS) is 19.6. The summed E-state index contributed by atoms with van der Waals surface area (Å²) in [4.78, 5) is 18.9. The molecule has 1 aromatic heterocycles. The van der Waals surface area contributed by atoms with Crippen LogP contribution in [0.15, 0.2) is 23.6 Å². The lowest BCUT2D eigenvalue weighted by Crippen LogP contribution is -2.38. The lowest BCUT2D eigenvalue weighted by molar-refractivity contribution is -0.143. The predicted octanol–water partition coefficient (Wildman–Crippen LogP) is 5.91. The Morgan fingerprint density at radius 1 is 1.06 bits per heavy atom. The molecule has 176 valence electrons. The number of nitrogens with one attached hydrogen (secondary N) is 1. The highest BCUT2D eigenvalue weighted by atomic mass is 32.1. The first-order chi connectivity index (χ1) is 14.8. The maximum absolute atomic E-state index is 13.0. The number of anilines is 1. The first-order valence-electron chi connectivity index (χ1n) is 10.1. The number of hydrogen-bond acceptors (Lipinski definition) is 4. The van der Waals surface area contributed by atoms with Gasteiger partial charge in [-0.2, -0.15) is 26.3 Å². The molecule has 0 unspecified atom stereocenters. The van der Waals surface area contributed by atoms with Gasteiger partial charge in [-0.15, -0.1) is 11.3 Å². The number of aromatic nitrogens is 1. The molecule has 1 heterocycles. The van der Waals surface area contributed by atoms with Crippen molar-refractivity contribution in [1.29, 1.82) is 0 Å². The van der Waals surface area contributed by atoms with Gasteiger partial charge < -0.3 is 10.2 Å². The van der Waals surface area contributed by atoms with Gasteiger partial charge in [-0.3, -0.25) is 4.79 Å². The summed E-state index contributed by atoms with van der Waals surface area (Å²) in [7, 11) is 1.98. The van der Waals surface area contributed by atoms with Crippen LogP contribution in [0, 0.1) is 12.8 Å². The summed E-state index contributed by atoms with van der Waals surface area (Å²) < 4.78 is 78.0. The number of halogens is 6. The number of rotatable bonds is 5. The van der Waals surface area contributed by atoms with Crippen LogP contribution in [0.4, 0.5) is 32.2 Å². The Hall–Kier alpha value is -2.30. The van der Waals surface area contributed by atoms with Crippen LogP contribution in [0.1, 0.15) is 52.2 Å². The number of aryl methyl sites for hydroxylation is 1. The first-order valence-corrected chi connectivity index (χ1v) is 10.9. The Balaban J connectivity index is 1.59. The van der Waals surface area contributed by atoms with E-state index in [0.717, 1.165) is 36.5 Å². The Morgan fingerprint density at radius 2 is 1.62 bits per heavy atom. The summed E-state index contributed by atoms with van der Waals surface area (Å²) in [5.74, 6) is 0.0710. The van der Waals surface area contributed by atoms with E-state index in [-0.39, 0.29) is 18.5 Å². The summed E-state index contributed by atoms with van der Waals surface area (Å²) in [6.07, 6.45) is -6.69. The maximum Gasteiger partial charge on any atom is 0.416 e. The zero-order valence-electron chi connectivity index (χ0n) is 17.5. The Kier molecular flexibility index (Phi) is 7.06. The SMILES string of the molecule is Cc1nc(N(C)[C@H]2CC[C@@H](CNC(=O)c3cc(C(F)(F)F)cc(C(F)(F)F)c3)CC2)cs1. The van der Waals surface area contributed by atoms with Gasteiger partial charge in [-0.1, -0.05) is 0 Å². The number of carbonyl (C=O) groups excluding carboxylic acids is 1. The summed E-state index contributed by atoms with van der Waals surface area (Å²) in [5.41, 5.74) is -3.66. The number of nitrogens with zero attached hydrogens (tertiary/aromatic N) is 2. The van der Waals surface area contributed by atoms with E-state index in [1.54, 1.807) is 11.3 Å². The Bertz CT molecular complexity index is 915. The van der Waals surface area contributed by atoms with Crippen LogP contribution >= 0.6 is 11.3 Å². The van der Waals surface area contributed by atoms with Gasteiger partial charge in [0.25, 0.3) is 5.91 Å². The van der Waals surface area contributed by atoms with E-state index in [2.05, 4.69) is 15.2 Å². The topological polar surface area (TPSA) is 45.2 Å². The minimum Gasteiger partial charge on any atom is -0.356 e. The van der Waals surface area contributed by atoms with Crippen molar-refractivity contribution in [2.45, 2.75) is 51.0 Å². The minimum absolute atomic E-state index is 0.0123. The second kappa shape index (κ2) is 9.29. The average molecular weight is 479 g/mol. The summed E-state index contributed by atoms with van der Waals surface area (Å²) >= 11 is 1.57. The molecule has 1 N–H and O–H groups in total. The molecule has 1 amide bonds. The van der Waals surface area contributed by atoms with E-state index in [1.165, 1.54) is 0 Å². The standard InChI is InChI=1S/C21H23F6N3OS/c1-12-29-18(11-32-12)30(2)17-5-3-13(4-6-17)10-28-19(31)14-7-15(20(22,23)24)9-16(8-14)21(25,26)27/h7-9,11,13,17H,3-6,10H2,1-2H3,(H,28,31)/t13-,17+. The molecule has 1 aliphatic rings. The van der Waals surface area contributed by atoms with Crippen molar-refractivity contribution in [2.24, 2.45) is 5.92 Å². The van der Waals surface area contributed by atoms with Crippen molar-refractivity contribution in [1.82, 2.24) is 10.3 Å². The van der Waals surface area contributed by atoms with Crippen LogP contribution in [0.25, 0.3) is 0 Å². The van der Waals surface area contributed by atoms with Gasteiger partial charge in [-0.25, -0.2) is 4.98 Å². The van der Waals surface area contributed by atoms with Crippen LogP contribution in [-0.2, 0) is 12.4 Å². The number of amides is 1. The van der Waals surface area contributed by atoms with Crippen molar-refractivity contribution in [3.05, 3.63) is 45.3 Å². The molecule has 0 aliphatic heterocycles. The van der Waals surface area contributed by atoms with Crippen LogP contribution in [-0.4, -0.2) is 30.5 Å². The lowest BCUT2D eigenvalue weighted by atomic mass is 9.85. The largest absolute Gasteiger partial charge is 0.416 e. The molecule has 0 bridgehead atoms. The number of alkyl halides is 6. The third-order valence-electron chi connectivity index (χ3n) is 5.73. The fourth-order valence-corrected chi connectivity index (χ4v) is 4.50. The van der Waals surface area contributed by atoms with Crippen molar-refractivity contribution in [2.75, 3.05) is 18.5 Å². The molecular formula is C21H23F6N3OS. The zero-order valence-corrected chi connectivity index (χ0v) is 18.3. The first kappa shape index (κ1) is 24.3. The van der Waals surface area contributed by atoms with Crippen molar-refractivity contribution >= 4 is 23.1 Å². The molecule has 3 rings (SSSR count). The van der Waals surface area contributed by atoms with Crippen LogP contribution in [0.2, 0.25) is 0 Å². The molecule has 0 radical (unpaired) electrons. The molecule has 1 saturated carbocycles. The van der Waals surface area contributed by atoms with E-state index in [1.807, 2.05) is 19.4 Å². The lowest BCUT2D eigenvalue weighted by Gasteiger charge is -2.35.